The van der Waals surface area contributed by atoms with Crippen LogP contribution in [0.15, 0.2) is 24.3 Å². The predicted molar refractivity (Wildman–Crippen MR) is 84.9 cm³/mol. The first kappa shape index (κ1) is 15.8. The fourth-order valence-corrected chi connectivity index (χ4v) is 2.87. The molecule has 1 heterocycles. The van der Waals surface area contributed by atoms with Crippen LogP contribution < -0.4 is 4.74 Å². The van der Waals surface area contributed by atoms with E-state index in [2.05, 4.69) is 17.9 Å². The van der Waals surface area contributed by atoms with Gasteiger partial charge in [0, 0.05) is 20.6 Å². The van der Waals surface area contributed by atoms with Crippen molar-refractivity contribution >= 4 is 6.09 Å². The summed E-state index contributed by atoms with van der Waals surface area (Å²) in [5.41, 5.74) is 1.28. The van der Waals surface area contributed by atoms with Gasteiger partial charge < -0.3 is 14.5 Å². The Morgan fingerprint density at radius 3 is 2.95 bits per heavy atom. The highest BCUT2D eigenvalue weighted by Gasteiger charge is 2.21. The molecule has 1 amide bonds. The van der Waals surface area contributed by atoms with Gasteiger partial charge in [0.2, 0.25) is 0 Å². The fourth-order valence-electron chi connectivity index (χ4n) is 2.87. The molecule has 4 heteroatoms. The number of hydrogen-bond acceptors (Lipinski definition) is 3. The van der Waals surface area contributed by atoms with Crippen LogP contribution in [0.1, 0.15) is 37.7 Å². The van der Waals surface area contributed by atoms with E-state index in [-0.39, 0.29) is 6.09 Å². The third-order valence-electron chi connectivity index (χ3n) is 3.95. The molecule has 1 fully saturated rings. The normalized spacial score (nSPS) is 19.3. The molecule has 0 N–H and O–H groups in total. The largest absolute Gasteiger partial charge is 0.414 e. The summed E-state index contributed by atoms with van der Waals surface area (Å²) >= 11 is 0. The van der Waals surface area contributed by atoms with E-state index < -0.39 is 0 Å². The second-order valence-corrected chi connectivity index (χ2v) is 5.97. The molecule has 0 aromatic heterocycles. The second-order valence-electron chi connectivity index (χ2n) is 5.97. The first-order valence-corrected chi connectivity index (χ1v) is 7.81. The van der Waals surface area contributed by atoms with Gasteiger partial charge in [-0.2, -0.15) is 0 Å². The molecule has 0 radical (unpaired) electrons. The van der Waals surface area contributed by atoms with E-state index in [1.807, 2.05) is 18.2 Å². The third-order valence-corrected chi connectivity index (χ3v) is 3.95. The van der Waals surface area contributed by atoms with Crippen molar-refractivity contribution in [2.45, 2.75) is 32.1 Å². The molecule has 1 aromatic carbocycles. The zero-order valence-corrected chi connectivity index (χ0v) is 13.3. The smallest absolute Gasteiger partial charge is 0.410 e. The zero-order valence-electron chi connectivity index (χ0n) is 13.3. The van der Waals surface area contributed by atoms with E-state index in [9.17, 15) is 4.79 Å². The first-order chi connectivity index (χ1) is 10.1. The number of carbonyl (C=O) groups is 1. The van der Waals surface area contributed by atoms with E-state index >= 15 is 0 Å². The molecule has 1 aliphatic rings. The minimum atomic E-state index is -0.330. The van der Waals surface area contributed by atoms with Gasteiger partial charge >= 0.3 is 6.09 Å². The lowest BCUT2D eigenvalue weighted by Gasteiger charge is -2.32. The van der Waals surface area contributed by atoms with Crippen molar-refractivity contribution in [1.82, 2.24) is 9.80 Å². The summed E-state index contributed by atoms with van der Waals surface area (Å²) in [6.07, 6.45) is 3.33. The van der Waals surface area contributed by atoms with Crippen LogP contribution in [0.25, 0.3) is 0 Å². The summed E-state index contributed by atoms with van der Waals surface area (Å²) in [5, 5.41) is 0. The minimum Gasteiger partial charge on any atom is -0.410 e. The number of rotatable bonds is 4. The van der Waals surface area contributed by atoms with Crippen molar-refractivity contribution in [3.8, 4) is 5.75 Å². The maximum absolute atomic E-state index is 11.6. The number of hydrogen-bond donors (Lipinski definition) is 0. The predicted octanol–water partition coefficient (Wildman–Crippen LogP) is 3.34. The lowest BCUT2D eigenvalue weighted by molar-refractivity contribution is 0.171. The van der Waals surface area contributed by atoms with Gasteiger partial charge in [-0.25, -0.2) is 4.79 Å². The van der Waals surface area contributed by atoms with E-state index in [1.165, 1.54) is 42.8 Å². The molecule has 1 aliphatic heterocycles. The van der Waals surface area contributed by atoms with Crippen molar-refractivity contribution in [3.63, 3.8) is 0 Å². The molecule has 1 saturated heterocycles. The van der Waals surface area contributed by atoms with Crippen molar-refractivity contribution in [2.75, 3.05) is 33.7 Å². The Bertz CT molecular complexity index is 472. The van der Waals surface area contributed by atoms with Crippen LogP contribution in [0.2, 0.25) is 0 Å². The maximum atomic E-state index is 11.6. The van der Waals surface area contributed by atoms with Crippen LogP contribution in [-0.2, 0) is 0 Å². The van der Waals surface area contributed by atoms with Crippen molar-refractivity contribution in [1.29, 1.82) is 0 Å². The molecule has 0 unspecified atom stereocenters. The van der Waals surface area contributed by atoms with Gasteiger partial charge in [0.25, 0.3) is 0 Å². The van der Waals surface area contributed by atoms with E-state index in [4.69, 9.17) is 4.74 Å². The molecule has 21 heavy (non-hydrogen) atoms. The Hall–Kier alpha value is -1.55. The van der Waals surface area contributed by atoms with E-state index in [1.54, 1.807) is 14.1 Å². The highest BCUT2D eigenvalue weighted by molar-refractivity contribution is 5.70. The molecule has 1 aromatic rings. The molecule has 0 bridgehead atoms. The number of benzene rings is 1. The molecule has 0 aliphatic carbocycles. The summed E-state index contributed by atoms with van der Waals surface area (Å²) in [6.45, 7) is 5.72. The average Bonchev–Trinajstić information content (AvgIpc) is 2.48. The third kappa shape index (κ3) is 4.46. The lowest BCUT2D eigenvalue weighted by atomic mass is 9.90. The van der Waals surface area contributed by atoms with Crippen molar-refractivity contribution in [2.24, 2.45) is 0 Å². The summed E-state index contributed by atoms with van der Waals surface area (Å²) < 4.78 is 5.36. The summed E-state index contributed by atoms with van der Waals surface area (Å²) in [7, 11) is 3.38. The second kappa shape index (κ2) is 7.46. The molecular formula is C17H26N2O2. The van der Waals surface area contributed by atoms with E-state index in [0.29, 0.717) is 11.7 Å². The van der Waals surface area contributed by atoms with Gasteiger partial charge in [0.05, 0.1) is 0 Å². The Balaban J connectivity index is 2.04. The monoisotopic (exact) mass is 290 g/mol. The van der Waals surface area contributed by atoms with Crippen molar-refractivity contribution < 1.29 is 9.53 Å². The lowest BCUT2D eigenvalue weighted by Crippen LogP contribution is -2.34. The summed E-state index contributed by atoms with van der Waals surface area (Å²) in [6, 6.07) is 7.98. The molecule has 1 atom stereocenters. The number of carbonyl (C=O) groups excluding carboxylic acids is 1. The quantitative estimate of drug-likeness (QED) is 0.852. The minimum absolute atomic E-state index is 0.330. The highest BCUT2D eigenvalue weighted by Crippen LogP contribution is 2.29. The first-order valence-electron chi connectivity index (χ1n) is 7.81. The van der Waals surface area contributed by atoms with Gasteiger partial charge in [-0.15, -0.1) is 0 Å². The number of amides is 1. The molecular weight excluding hydrogens is 264 g/mol. The molecule has 4 nitrogen and oxygen atoms in total. The number of piperidine rings is 1. The van der Waals surface area contributed by atoms with Crippen LogP contribution in [0, 0.1) is 0 Å². The topological polar surface area (TPSA) is 32.8 Å². The molecule has 0 spiro atoms. The van der Waals surface area contributed by atoms with E-state index in [0.717, 1.165) is 6.54 Å². The van der Waals surface area contributed by atoms with Crippen LogP contribution in [-0.4, -0.2) is 49.6 Å². The SMILES string of the molecule is CCCN1CCC[C@@H](c2cccc(OC(=O)N(C)C)c2)C1. The number of likely N-dealkylation sites (tertiary alicyclic amines) is 1. The van der Waals surface area contributed by atoms with Gasteiger partial charge in [0.1, 0.15) is 5.75 Å². The average molecular weight is 290 g/mol. The Kier molecular flexibility index (Phi) is 5.62. The van der Waals surface area contributed by atoms with Gasteiger partial charge in [-0.05, 0) is 56.0 Å². The highest BCUT2D eigenvalue weighted by atomic mass is 16.6. The maximum Gasteiger partial charge on any atom is 0.414 e. The Labute approximate surface area is 127 Å². The Morgan fingerprint density at radius 1 is 1.43 bits per heavy atom. The van der Waals surface area contributed by atoms with Gasteiger partial charge in [0.15, 0.2) is 0 Å². The fraction of sp³-hybridized carbons (Fsp3) is 0.588. The van der Waals surface area contributed by atoms with Crippen LogP contribution in [0.4, 0.5) is 4.79 Å². The standard InChI is InChI=1S/C17H26N2O2/c1-4-10-19-11-6-8-15(13-19)14-7-5-9-16(12-14)21-17(20)18(2)3/h5,7,9,12,15H,4,6,8,10-11,13H2,1-3H3/t15-/m1/s1. The number of ether oxygens (including phenoxy) is 1. The summed E-state index contributed by atoms with van der Waals surface area (Å²) in [4.78, 5) is 15.6. The van der Waals surface area contributed by atoms with Crippen molar-refractivity contribution in [3.05, 3.63) is 29.8 Å². The number of nitrogens with zero attached hydrogens (tertiary/aromatic N) is 2. The van der Waals surface area contributed by atoms with Crippen LogP contribution >= 0.6 is 0 Å². The Morgan fingerprint density at radius 2 is 2.24 bits per heavy atom. The molecule has 116 valence electrons. The zero-order chi connectivity index (χ0) is 15.2. The van der Waals surface area contributed by atoms with Crippen LogP contribution in [0.5, 0.6) is 5.75 Å². The molecule has 2 rings (SSSR count). The van der Waals surface area contributed by atoms with Gasteiger partial charge in [-0.3, -0.25) is 0 Å². The van der Waals surface area contributed by atoms with Crippen LogP contribution in [0.3, 0.4) is 0 Å². The summed E-state index contributed by atoms with van der Waals surface area (Å²) in [5.74, 6) is 1.18. The molecule has 0 saturated carbocycles. The van der Waals surface area contributed by atoms with Gasteiger partial charge in [-0.1, -0.05) is 19.1 Å².